The van der Waals surface area contributed by atoms with Crippen LogP contribution in [0.25, 0.3) is 0 Å². The van der Waals surface area contributed by atoms with E-state index in [-0.39, 0.29) is 0 Å². The Labute approximate surface area is 66.4 Å². The maximum absolute atomic E-state index is 8.44. The Balaban J connectivity index is 2.67. The summed E-state index contributed by atoms with van der Waals surface area (Å²) >= 11 is 0. The molecule has 0 aliphatic carbocycles. The van der Waals surface area contributed by atoms with E-state index in [1.165, 1.54) is 0 Å². The molecule has 0 saturated carbocycles. The molecule has 11 heavy (non-hydrogen) atoms. The van der Waals surface area contributed by atoms with Gasteiger partial charge in [0.25, 0.3) is 0 Å². The lowest BCUT2D eigenvalue weighted by Gasteiger charge is -1.98. The van der Waals surface area contributed by atoms with Crippen LogP contribution in [-0.4, -0.2) is 0 Å². The van der Waals surface area contributed by atoms with Gasteiger partial charge in [-0.3, -0.25) is 0 Å². The minimum atomic E-state index is 0.403. The molecule has 1 rings (SSSR count). The molecule has 0 atom stereocenters. The van der Waals surface area contributed by atoms with Crippen LogP contribution in [-0.2, 0) is 6.42 Å². The van der Waals surface area contributed by atoms with Gasteiger partial charge in [0.15, 0.2) is 0 Å². The van der Waals surface area contributed by atoms with Crippen LogP contribution in [0.15, 0.2) is 16.5 Å². The van der Waals surface area contributed by atoms with E-state index in [2.05, 4.69) is 13.8 Å². The Morgan fingerprint density at radius 2 is 2.27 bits per heavy atom. The maximum Gasteiger partial charge on any atom is 0.203 e. The van der Waals surface area contributed by atoms with E-state index in [0.29, 0.717) is 11.7 Å². The Kier molecular flexibility index (Phi) is 2.32. The van der Waals surface area contributed by atoms with E-state index in [1.807, 2.05) is 12.1 Å². The fraction of sp³-hybridized carbons (Fsp3) is 0.444. The molecule has 0 amide bonds. The molecular weight excluding hydrogens is 138 g/mol. The number of hydrogen-bond donors (Lipinski definition) is 0. The van der Waals surface area contributed by atoms with Crippen LogP contribution in [0.4, 0.5) is 0 Å². The summed E-state index contributed by atoms with van der Waals surface area (Å²) in [6, 6.07) is 5.52. The average Bonchev–Trinajstić information content (AvgIpc) is 2.34. The van der Waals surface area contributed by atoms with Crippen molar-refractivity contribution in [2.75, 3.05) is 0 Å². The number of furan rings is 1. The second-order valence-corrected chi connectivity index (χ2v) is 2.98. The molecule has 0 bridgehead atoms. The molecule has 0 N–H and O–H groups in total. The second kappa shape index (κ2) is 3.25. The van der Waals surface area contributed by atoms with Crippen molar-refractivity contribution < 1.29 is 4.42 Å². The first kappa shape index (κ1) is 7.87. The van der Waals surface area contributed by atoms with Crippen LogP contribution < -0.4 is 0 Å². The van der Waals surface area contributed by atoms with Gasteiger partial charge in [0.2, 0.25) is 5.76 Å². The molecule has 0 aliphatic rings. The molecule has 1 aromatic rings. The van der Waals surface area contributed by atoms with E-state index >= 15 is 0 Å². The van der Waals surface area contributed by atoms with E-state index in [9.17, 15) is 0 Å². The van der Waals surface area contributed by atoms with Crippen molar-refractivity contribution in [3.8, 4) is 6.07 Å². The highest BCUT2D eigenvalue weighted by atomic mass is 16.3. The molecular formula is C9H11NO. The van der Waals surface area contributed by atoms with Crippen molar-refractivity contribution in [2.45, 2.75) is 20.3 Å². The first-order valence-electron chi connectivity index (χ1n) is 3.71. The van der Waals surface area contributed by atoms with Gasteiger partial charge in [-0.1, -0.05) is 13.8 Å². The van der Waals surface area contributed by atoms with Crippen molar-refractivity contribution in [3.05, 3.63) is 23.7 Å². The first-order chi connectivity index (χ1) is 5.22. The molecule has 0 radical (unpaired) electrons. The van der Waals surface area contributed by atoms with Gasteiger partial charge < -0.3 is 4.42 Å². The summed E-state index contributed by atoms with van der Waals surface area (Å²) in [5.74, 6) is 1.88. The van der Waals surface area contributed by atoms with Crippen molar-refractivity contribution >= 4 is 0 Å². The summed E-state index contributed by atoms with van der Waals surface area (Å²) in [6.45, 7) is 4.24. The summed E-state index contributed by atoms with van der Waals surface area (Å²) in [7, 11) is 0. The molecule has 0 saturated heterocycles. The number of nitriles is 1. The summed E-state index contributed by atoms with van der Waals surface area (Å²) in [5, 5.41) is 8.44. The topological polar surface area (TPSA) is 36.9 Å². The lowest BCUT2D eigenvalue weighted by molar-refractivity contribution is 0.464. The molecule has 0 unspecified atom stereocenters. The van der Waals surface area contributed by atoms with E-state index in [0.717, 1.165) is 12.2 Å². The van der Waals surface area contributed by atoms with Crippen LogP contribution in [0, 0.1) is 17.2 Å². The number of nitrogens with zero attached hydrogens (tertiary/aromatic N) is 1. The highest BCUT2D eigenvalue weighted by Crippen LogP contribution is 2.11. The smallest absolute Gasteiger partial charge is 0.203 e. The second-order valence-electron chi connectivity index (χ2n) is 2.98. The third kappa shape index (κ3) is 2.12. The van der Waals surface area contributed by atoms with Gasteiger partial charge in [-0.15, -0.1) is 0 Å². The fourth-order valence-corrected chi connectivity index (χ4v) is 0.950. The van der Waals surface area contributed by atoms with E-state index in [4.69, 9.17) is 9.68 Å². The fourth-order valence-electron chi connectivity index (χ4n) is 0.950. The van der Waals surface area contributed by atoms with Gasteiger partial charge in [-0.25, -0.2) is 0 Å². The predicted octanol–water partition coefficient (Wildman–Crippen LogP) is 2.35. The molecule has 0 spiro atoms. The lowest BCUT2D eigenvalue weighted by atomic mass is 10.1. The SMILES string of the molecule is CC(C)Cc1ccc(C#N)o1. The number of rotatable bonds is 2. The maximum atomic E-state index is 8.44. The zero-order valence-corrected chi connectivity index (χ0v) is 6.79. The van der Waals surface area contributed by atoms with E-state index in [1.54, 1.807) is 6.07 Å². The molecule has 58 valence electrons. The standard InChI is InChI=1S/C9H11NO/c1-7(2)5-8-3-4-9(6-10)11-8/h3-4,7H,5H2,1-2H3. The van der Waals surface area contributed by atoms with Gasteiger partial charge >= 0.3 is 0 Å². The Hall–Kier alpha value is -1.23. The normalized spacial score (nSPS) is 10.0. The van der Waals surface area contributed by atoms with Crippen LogP contribution in [0.3, 0.4) is 0 Å². The van der Waals surface area contributed by atoms with Gasteiger partial charge in [-0.2, -0.15) is 5.26 Å². The van der Waals surface area contributed by atoms with Gasteiger partial charge in [0, 0.05) is 6.42 Å². The highest BCUT2D eigenvalue weighted by molar-refractivity contribution is 5.19. The zero-order valence-electron chi connectivity index (χ0n) is 6.79. The molecule has 0 aromatic carbocycles. The van der Waals surface area contributed by atoms with Crippen molar-refractivity contribution in [2.24, 2.45) is 5.92 Å². The monoisotopic (exact) mass is 149 g/mol. The highest BCUT2D eigenvalue weighted by Gasteiger charge is 2.02. The van der Waals surface area contributed by atoms with Crippen molar-refractivity contribution in [1.29, 1.82) is 5.26 Å². The van der Waals surface area contributed by atoms with Crippen LogP contribution in [0.1, 0.15) is 25.4 Å². The van der Waals surface area contributed by atoms with Gasteiger partial charge in [0.05, 0.1) is 0 Å². The molecule has 1 aromatic heterocycles. The van der Waals surface area contributed by atoms with Crippen LogP contribution in [0.5, 0.6) is 0 Å². The molecule has 0 aliphatic heterocycles. The summed E-state index contributed by atoms with van der Waals surface area (Å²) in [6.07, 6.45) is 0.904. The van der Waals surface area contributed by atoms with Crippen LogP contribution >= 0.6 is 0 Å². The van der Waals surface area contributed by atoms with Crippen molar-refractivity contribution in [3.63, 3.8) is 0 Å². The summed E-state index contributed by atoms with van der Waals surface area (Å²) in [4.78, 5) is 0. The summed E-state index contributed by atoms with van der Waals surface area (Å²) < 4.78 is 5.18. The minimum Gasteiger partial charge on any atom is -0.451 e. The Bertz CT molecular complexity index is 267. The predicted molar refractivity (Wildman–Crippen MR) is 42.0 cm³/mol. The summed E-state index contributed by atoms with van der Waals surface area (Å²) in [5.41, 5.74) is 0. The Morgan fingerprint density at radius 3 is 2.73 bits per heavy atom. The quantitative estimate of drug-likeness (QED) is 0.647. The third-order valence-electron chi connectivity index (χ3n) is 1.38. The van der Waals surface area contributed by atoms with Crippen molar-refractivity contribution in [1.82, 2.24) is 0 Å². The third-order valence-corrected chi connectivity index (χ3v) is 1.38. The van der Waals surface area contributed by atoms with E-state index < -0.39 is 0 Å². The minimum absolute atomic E-state index is 0.403. The molecule has 2 heteroatoms. The van der Waals surface area contributed by atoms with Gasteiger partial charge in [-0.05, 0) is 18.1 Å². The Morgan fingerprint density at radius 1 is 1.55 bits per heavy atom. The average molecular weight is 149 g/mol. The molecule has 0 fully saturated rings. The first-order valence-corrected chi connectivity index (χ1v) is 3.71. The zero-order chi connectivity index (χ0) is 8.27. The molecule has 1 heterocycles. The lowest BCUT2D eigenvalue weighted by Crippen LogP contribution is -1.90. The largest absolute Gasteiger partial charge is 0.451 e. The molecule has 2 nitrogen and oxygen atoms in total. The van der Waals surface area contributed by atoms with Gasteiger partial charge in [0.1, 0.15) is 11.8 Å². The van der Waals surface area contributed by atoms with Crippen LogP contribution in [0.2, 0.25) is 0 Å². The number of hydrogen-bond acceptors (Lipinski definition) is 2.